The van der Waals surface area contributed by atoms with Crippen molar-refractivity contribution in [3.05, 3.63) is 47.4 Å². The highest BCUT2D eigenvalue weighted by Gasteiger charge is 2.25. The van der Waals surface area contributed by atoms with Gasteiger partial charge in [0.2, 0.25) is 5.91 Å². The number of rotatable bonds is 5. The van der Waals surface area contributed by atoms with E-state index in [1.54, 1.807) is 12.4 Å². The number of nitrogens with two attached hydrogens (primary N) is 1. The van der Waals surface area contributed by atoms with Crippen LogP contribution in [0.4, 0.5) is 5.82 Å². The Morgan fingerprint density at radius 1 is 1.12 bits per heavy atom. The minimum Gasteiger partial charge on any atom is -0.433 e. The number of nitrogens with zero attached hydrogens (tertiary/aromatic N) is 5. The van der Waals surface area contributed by atoms with Crippen LogP contribution >= 0.6 is 0 Å². The van der Waals surface area contributed by atoms with Crippen molar-refractivity contribution in [1.29, 1.82) is 0 Å². The number of nitrogens with one attached hydrogen (secondary N) is 1. The molecule has 0 bridgehead atoms. The molecule has 3 N–H and O–H groups in total. The SMILES string of the molecule is Cc1cc(-c2cnc(N)c(Oc3cnn(C4CCN(C)CC4)c3)n2)cc(C)c1C1CCC(=O)N1. The van der Waals surface area contributed by atoms with Gasteiger partial charge in [-0.2, -0.15) is 5.10 Å². The lowest BCUT2D eigenvalue weighted by molar-refractivity contribution is -0.119. The first-order chi connectivity index (χ1) is 16.4. The van der Waals surface area contributed by atoms with Crippen LogP contribution in [0.3, 0.4) is 0 Å². The van der Waals surface area contributed by atoms with Gasteiger partial charge in [-0.1, -0.05) is 0 Å². The van der Waals surface area contributed by atoms with Crippen molar-refractivity contribution in [1.82, 2.24) is 30.0 Å². The van der Waals surface area contributed by atoms with E-state index in [-0.39, 0.29) is 23.6 Å². The molecular formula is C25H31N7O2. The third-order valence-electron chi connectivity index (χ3n) is 6.85. The lowest BCUT2D eigenvalue weighted by atomic mass is 9.92. The fraction of sp³-hybridized carbons (Fsp3) is 0.440. The molecule has 5 rings (SSSR count). The Kier molecular flexibility index (Phi) is 5.95. The second-order valence-electron chi connectivity index (χ2n) is 9.42. The maximum absolute atomic E-state index is 11.7. The second-order valence-corrected chi connectivity index (χ2v) is 9.42. The van der Waals surface area contributed by atoms with Crippen LogP contribution in [0, 0.1) is 13.8 Å². The van der Waals surface area contributed by atoms with Crippen LogP contribution in [0.5, 0.6) is 11.6 Å². The zero-order valence-electron chi connectivity index (χ0n) is 19.9. The van der Waals surface area contributed by atoms with Crippen LogP contribution in [-0.2, 0) is 4.79 Å². The fourth-order valence-electron chi connectivity index (χ4n) is 5.04. The van der Waals surface area contributed by atoms with Crippen molar-refractivity contribution in [3.63, 3.8) is 0 Å². The predicted molar refractivity (Wildman–Crippen MR) is 130 cm³/mol. The first-order valence-corrected chi connectivity index (χ1v) is 11.8. The van der Waals surface area contributed by atoms with Gasteiger partial charge in [0.1, 0.15) is 0 Å². The van der Waals surface area contributed by atoms with Gasteiger partial charge in [-0.15, -0.1) is 0 Å². The van der Waals surface area contributed by atoms with E-state index in [0.29, 0.717) is 23.9 Å². The summed E-state index contributed by atoms with van der Waals surface area (Å²) >= 11 is 0. The van der Waals surface area contributed by atoms with Crippen molar-refractivity contribution in [2.24, 2.45) is 0 Å². The molecule has 0 radical (unpaired) electrons. The number of nitrogen functional groups attached to an aromatic ring is 1. The molecule has 2 saturated heterocycles. The molecule has 1 amide bonds. The summed E-state index contributed by atoms with van der Waals surface area (Å²) in [7, 11) is 2.14. The summed E-state index contributed by atoms with van der Waals surface area (Å²) in [5.41, 5.74) is 11.1. The van der Waals surface area contributed by atoms with Gasteiger partial charge in [0.25, 0.3) is 5.88 Å². The van der Waals surface area contributed by atoms with Gasteiger partial charge in [0.05, 0.1) is 36.4 Å². The van der Waals surface area contributed by atoms with Gasteiger partial charge in [-0.25, -0.2) is 9.97 Å². The molecule has 1 atom stereocenters. The molecule has 2 aliphatic heterocycles. The topological polar surface area (TPSA) is 111 Å². The summed E-state index contributed by atoms with van der Waals surface area (Å²) in [4.78, 5) is 23.0. The van der Waals surface area contributed by atoms with Crippen LogP contribution in [0.25, 0.3) is 11.3 Å². The summed E-state index contributed by atoms with van der Waals surface area (Å²) in [5, 5.41) is 7.57. The Morgan fingerprint density at radius 3 is 2.53 bits per heavy atom. The number of aryl methyl sites for hydroxylation is 2. The summed E-state index contributed by atoms with van der Waals surface area (Å²) in [6, 6.07) is 4.60. The van der Waals surface area contributed by atoms with Gasteiger partial charge < -0.3 is 20.7 Å². The van der Waals surface area contributed by atoms with E-state index in [1.165, 1.54) is 5.56 Å². The average Bonchev–Trinajstić information content (AvgIpc) is 3.44. The molecule has 2 aromatic heterocycles. The van der Waals surface area contributed by atoms with Gasteiger partial charge in [0.15, 0.2) is 11.6 Å². The molecule has 9 nitrogen and oxygen atoms in total. The second kappa shape index (κ2) is 9.06. The summed E-state index contributed by atoms with van der Waals surface area (Å²) in [6.07, 6.45) is 8.79. The molecule has 0 aliphatic carbocycles. The number of amides is 1. The van der Waals surface area contributed by atoms with E-state index in [0.717, 1.165) is 49.0 Å². The standard InChI is InChI=1S/C25H31N7O2/c1-15-10-17(11-16(2)23(15)20-4-5-22(33)29-20)21-13-27-24(26)25(30-21)34-19-12-28-32(14-19)18-6-8-31(3)9-7-18/h10-14,18,20H,4-9H2,1-3H3,(H2,26,27)(H,29,33). The number of likely N-dealkylation sites (tertiary alicyclic amines) is 1. The molecule has 1 aromatic carbocycles. The first kappa shape index (κ1) is 22.3. The quantitative estimate of drug-likeness (QED) is 0.598. The molecule has 3 aromatic rings. The molecule has 0 saturated carbocycles. The lowest BCUT2D eigenvalue weighted by Crippen LogP contribution is -2.31. The van der Waals surface area contributed by atoms with E-state index >= 15 is 0 Å². The Morgan fingerprint density at radius 2 is 1.85 bits per heavy atom. The molecule has 0 spiro atoms. The smallest absolute Gasteiger partial charge is 0.263 e. The number of benzene rings is 1. The lowest BCUT2D eigenvalue weighted by Gasteiger charge is -2.28. The minimum absolute atomic E-state index is 0.0686. The number of anilines is 1. The third-order valence-corrected chi connectivity index (χ3v) is 6.85. The van der Waals surface area contributed by atoms with Crippen molar-refractivity contribution in [2.45, 2.75) is 51.6 Å². The number of hydrogen-bond donors (Lipinski definition) is 2. The van der Waals surface area contributed by atoms with E-state index < -0.39 is 0 Å². The number of piperidine rings is 1. The van der Waals surface area contributed by atoms with Crippen LogP contribution in [0.15, 0.2) is 30.7 Å². The molecule has 2 aliphatic rings. The molecule has 9 heteroatoms. The van der Waals surface area contributed by atoms with Crippen molar-refractivity contribution in [3.8, 4) is 22.9 Å². The third kappa shape index (κ3) is 4.48. The summed E-state index contributed by atoms with van der Waals surface area (Å²) in [5.74, 6) is 1.20. The minimum atomic E-state index is 0.0686. The molecule has 2 fully saturated rings. The Hall–Kier alpha value is -3.46. The molecular weight excluding hydrogens is 430 g/mol. The first-order valence-electron chi connectivity index (χ1n) is 11.8. The number of ether oxygens (including phenoxy) is 1. The number of aromatic nitrogens is 4. The van der Waals surface area contributed by atoms with E-state index in [9.17, 15) is 4.79 Å². The molecule has 178 valence electrons. The fourth-order valence-corrected chi connectivity index (χ4v) is 5.04. The van der Waals surface area contributed by atoms with Gasteiger partial charge in [0, 0.05) is 12.0 Å². The zero-order chi connectivity index (χ0) is 23.8. The highest BCUT2D eigenvalue weighted by Crippen LogP contribution is 2.34. The zero-order valence-corrected chi connectivity index (χ0v) is 19.9. The Balaban J connectivity index is 1.37. The maximum Gasteiger partial charge on any atom is 0.263 e. The molecule has 1 unspecified atom stereocenters. The number of hydrogen-bond acceptors (Lipinski definition) is 7. The van der Waals surface area contributed by atoms with E-state index in [2.05, 4.69) is 58.3 Å². The van der Waals surface area contributed by atoms with Crippen LogP contribution < -0.4 is 15.8 Å². The Labute approximate surface area is 199 Å². The van der Waals surface area contributed by atoms with Crippen molar-refractivity contribution >= 4 is 11.7 Å². The van der Waals surface area contributed by atoms with Gasteiger partial charge in [-0.3, -0.25) is 9.48 Å². The van der Waals surface area contributed by atoms with Crippen LogP contribution in [0.2, 0.25) is 0 Å². The predicted octanol–water partition coefficient (Wildman–Crippen LogP) is 3.55. The summed E-state index contributed by atoms with van der Waals surface area (Å²) < 4.78 is 7.98. The largest absolute Gasteiger partial charge is 0.433 e. The van der Waals surface area contributed by atoms with Crippen LogP contribution in [0.1, 0.15) is 54.5 Å². The Bertz CT molecular complexity index is 1190. The van der Waals surface area contributed by atoms with E-state index in [4.69, 9.17) is 10.5 Å². The normalized spacial score (nSPS) is 19.4. The number of carbonyl (C=O) groups excluding carboxylic acids is 1. The maximum atomic E-state index is 11.7. The molecule has 34 heavy (non-hydrogen) atoms. The summed E-state index contributed by atoms with van der Waals surface area (Å²) in [6.45, 7) is 6.25. The highest BCUT2D eigenvalue weighted by molar-refractivity contribution is 5.79. The highest BCUT2D eigenvalue weighted by atomic mass is 16.5. The van der Waals surface area contributed by atoms with Gasteiger partial charge in [-0.05, 0) is 82.1 Å². The average molecular weight is 462 g/mol. The van der Waals surface area contributed by atoms with Crippen LogP contribution in [-0.4, -0.2) is 50.7 Å². The van der Waals surface area contributed by atoms with Crippen molar-refractivity contribution in [2.75, 3.05) is 25.9 Å². The monoisotopic (exact) mass is 461 g/mol. The number of carbonyl (C=O) groups is 1. The van der Waals surface area contributed by atoms with E-state index in [1.807, 2.05) is 10.9 Å². The van der Waals surface area contributed by atoms with Crippen molar-refractivity contribution < 1.29 is 9.53 Å². The molecule has 4 heterocycles. The van der Waals surface area contributed by atoms with Gasteiger partial charge >= 0.3 is 0 Å².